The molecule has 0 aliphatic heterocycles. The van der Waals surface area contributed by atoms with Crippen LogP contribution in [0.1, 0.15) is 27.0 Å². The minimum absolute atomic E-state index is 0.0852. The maximum Gasteiger partial charge on any atom is 0.251 e. The van der Waals surface area contributed by atoms with Gasteiger partial charge in [-0.25, -0.2) is 13.1 Å². The van der Waals surface area contributed by atoms with Gasteiger partial charge in [-0.1, -0.05) is 12.1 Å². The Morgan fingerprint density at radius 2 is 1.59 bits per heavy atom. The molecule has 2 aromatic rings. The van der Waals surface area contributed by atoms with Gasteiger partial charge in [-0.05, 0) is 68.8 Å². The molecule has 27 heavy (non-hydrogen) atoms. The van der Waals surface area contributed by atoms with E-state index < -0.39 is 15.9 Å². The summed E-state index contributed by atoms with van der Waals surface area (Å²) in [5.41, 5.74) is 3.44. The lowest BCUT2D eigenvalue weighted by molar-refractivity contribution is -0.115. The van der Waals surface area contributed by atoms with Gasteiger partial charge in [0.05, 0.1) is 11.4 Å². The van der Waals surface area contributed by atoms with Crippen LogP contribution in [-0.2, 0) is 14.8 Å². The summed E-state index contributed by atoms with van der Waals surface area (Å²) in [6, 6.07) is 9.90. The average Bonchev–Trinajstić information content (AvgIpc) is 2.63. The molecular formula is C19H23N3O4S. The van der Waals surface area contributed by atoms with Crippen molar-refractivity contribution in [1.82, 2.24) is 10.0 Å². The maximum absolute atomic E-state index is 12.2. The van der Waals surface area contributed by atoms with Gasteiger partial charge in [-0.2, -0.15) is 0 Å². The summed E-state index contributed by atoms with van der Waals surface area (Å²) >= 11 is 0. The molecule has 3 N–H and O–H groups in total. The fourth-order valence-electron chi connectivity index (χ4n) is 2.43. The molecule has 0 radical (unpaired) electrons. The van der Waals surface area contributed by atoms with Crippen molar-refractivity contribution in [1.29, 1.82) is 0 Å². The van der Waals surface area contributed by atoms with E-state index in [9.17, 15) is 18.0 Å². The van der Waals surface area contributed by atoms with Gasteiger partial charge in [0, 0.05) is 11.3 Å². The van der Waals surface area contributed by atoms with E-state index in [1.54, 1.807) is 31.2 Å². The normalized spacial score (nSPS) is 11.1. The number of hydrogen-bond donors (Lipinski definition) is 3. The van der Waals surface area contributed by atoms with Crippen LogP contribution in [0.4, 0.5) is 5.69 Å². The van der Waals surface area contributed by atoms with Gasteiger partial charge in [0.15, 0.2) is 0 Å². The third-order valence-corrected chi connectivity index (χ3v) is 5.77. The summed E-state index contributed by atoms with van der Waals surface area (Å²) in [4.78, 5) is 24.3. The number of sulfonamides is 1. The number of hydrogen-bond acceptors (Lipinski definition) is 4. The molecule has 2 amide bonds. The minimum atomic E-state index is -3.63. The lowest BCUT2D eigenvalue weighted by Crippen LogP contribution is -2.33. The highest BCUT2D eigenvalue weighted by Gasteiger charge is 2.16. The third kappa shape index (κ3) is 5.15. The van der Waals surface area contributed by atoms with Crippen molar-refractivity contribution in [3.05, 3.63) is 58.7 Å². The van der Waals surface area contributed by atoms with Crippen molar-refractivity contribution in [2.75, 3.05) is 18.9 Å². The summed E-state index contributed by atoms with van der Waals surface area (Å²) in [5.74, 6) is -0.806. The van der Waals surface area contributed by atoms with Gasteiger partial charge in [0.25, 0.3) is 5.91 Å². The molecule has 2 rings (SSSR count). The zero-order chi connectivity index (χ0) is 20.2. The minimum Gasteiger partial charge on any atom is -0.343 e. The van der Waals surface area contributed by atoms with E-state index in [2.05, 4.69) is 15.4 Å². The Bertz CT molecular complexity index is 984. The number of carbonyl (C=O) groups excluding carboxylic acids is 2. The van der Waals surface area contributed by atoms with Crippen molar-refractivity contribution < 1.29 is 18.0 Å². The molecule has 0 aliphatic carbocycles. The third-order valence-electron chi connectivity index (χ3n) is 4.21. The van der Waals surface area contributed by atoms with E-state index in [0.717, 1.165) is 11.1 Å². The summed E-state index contributed by atoms with van der Waals surface area (Å²) in [7, 11) is -2.31. The molecule has 2 aromatic carbocycles. The largest absolute Gasteiger partial charge is 0.343 e. The lowest BCUT2D eigenvalue weighted by atomic mass is 10.1. The van der Waals surface area contributed by atoms with Crippen LogP contribution in [0.15, 0.2) is 41.3 Å². The highest BCUT2D eigenvalue weighted by Crippen LogP contribution is 2.19. The van der Waals surface area contributed by atoms with E-state index in [1.807, 2.05) is 19.9 Å². The molecule has 0 unspecified atom stereocenters. The molecule has 0 aromatic heterocycles. The standard InChI is InChI=1S/C19H23N3O4S/c1-12-5-7-15(9-14(12)3)19(24)21-11-18(23)22-16-8-6-13(2)17(10-16)27(25,26)20-4/h5-10,20H,11H2,1-4H3,(H,21,24)(H,22,23). The number of amides is 2. The maximum atomic E-state index is 12.2. The number of rotatable bonds is 6. The first-order chi connectivity index (χ1) is 12.6. The first kappa shape index (κ1) is 20.6. The Morgan fingerprint density at radius 3 is 2.22 bits per heavy atom. The predicted octanol–water partition coefficient (Wildman–Crippen LogP) is 1.89. The molecule has 144 valence electrons. The van der Waals surface area contributed by atoms with E-state index in [0.29, 0.717) is 16.8 Å². The Hall–Kier alpha value is -2.71. The fourth-order valence-corrected chi connectivity index (χ4v) is 3.42. The van der Waals surface area contributed by atoms with Gasteiger partial charge < -0.3 is 10.6 Å². The van der Waals surface area contributed by atoms with Gasteiger partial charge in [0.1, 0.15) is 0 Å². The zero-order valence-electron chi connectivity index (χ0n) is 15.7. The van der Waals surface area contributed by atoms with Crippen LogP contribution < -0.4 is 15.4 Å². The van der Waals surface area contributed by atoms with Gasteiger partial charge in [0.2, 0.25) is 15.9 Å². The van der Waals surface area contributed by atoms with Crippen LogP contribution in [0.3, 0.4) is 0 Å². The highest BCUT2D eigenvalue weighted by molar-refractivity contribution is 7.89. The molecule has 0 saturated heterocycles. The van der Waals surface area contributed by atoms with Gasteiger partial charge in [-0.15, -0.1) is 0 Å². The quantitative estimate of drug-likeness (QED) is 0.702. The Morgan fingerprint density at radius 1 is 0.926 bits per heavy atom. The first-order valence-electron chi connectivity index (χ1n) is 8.33. The van der Waals surface area contributed by atoms with Crippen LogP contribution >= 0.6 is 0 Å². The zero-order valence-corrected chi connectivity index (χ0v) is 16.5. The van der Waals surface area contributed by atoms with Crippen LogP contribution in [0.25, 0.3) is 0 Å². The highest BCUT2D eigenvalue weighted by atomic mass is 32.2. The van der Waals surface area contributed by atoms with Crippen molar-refractivity contribution in [2.24, 2.45) is 0 Å². The molecule has 0 bridgehead atoms. The monoisotopic (exact) mass is 389 g/mol. The molecule has 0 saturated carbocycles. The Labute approximate surface area is 159 Å². The molecule has 8 heteroatoms. The van der Waals surface area contributed by atoms with E-state index in [4.69, 9.17) is 0 Å². The second-order valence-electron chi connectivity index (χ2n) is 6.22. The molecule has 0 heterocycles. The van der Waals surface area contributed by atoms with Crippen LogP contribution in [-0.4, -0.2) is 33.8 Å². The van der Waals surface area contributed by atoms with Crippen molar-refractivity contribution in [3.8, 4) is 0 Å². The van der Waals surface area contributed by atoms with Gasteiger partial charge >= 0.3 is 0 Å². The van der Waals surface area contributed by atoms with Crippen LogP contribution in [0, 0.1) is 20.8 Å². The lowest BCUT2D eigenvalue weighted by Gasteiger charge is -2.11. The molecule has 0 aliphatic rings. The van der Waals surface area contributed by atoms with E-state index in [-0.39, 0.29) is 17.3 Å². The van der Waals surface area contributed by atoms with Crippen molar-refractivity contribution in [2.45, 2.75) is 25.7 Å². The second kappa shape index (κ2) is 8.32. The van der Waals surface area contributed by atoms with E-state index in [1.165, 1.54) is 13.1 Å². The Balaban J connectivity index is 2.02. The number of benzene rings is 2. The number of nitrogens with one attached hydrogen (secondary N) is 3. The van der Waals surface area contributed by atoms with Crippen LogP contribution in [0.5, 0.6) is 0 Å². The summed E-state index contributed by atoms with van der Waals surface area (Å²) in [5, 5.41) is 5.14. The molecular weight excluding hydrogens is 366 g/mol. The summed E-state index contributed by atoms with van der Waals surface area (Å²) in [6.07, 6.45) is 0. The second-order valence-corrected chi connectivity index (χ2v) is 8.07. The Kier molecular flexibility index (Phi) is 6.35. The number of aryl methyl sites for hydroxylation is 3. The van der Waals surface area contributed by atoms with Crippen molar-refractivity contribution in [3.63, 3.8) is 0 Å². The predicted molar refractivity (Wildman–Crippen MR) is 104 cm³/mol. The first-order valence-corrected chi connectivity index (χ1v) is 9.82. The van der Waals surface area contributed by atoms with E-state index >= 15 is 0 Å². The molecule has 0 fully saturated rings. The molecule has 0 atom stereocenters. The van der Waals surface area contributed by atoms with Crippen LogP contribution in [0.2, 0.25) is 0 Å². The number of anilines is 1. The smallest absolute Gasteiger partial charge is 0.251 e. The summed E-state index contributed by atoms with van der Waals surface area (Å²) < 4.78 is 26.3. The topological polar surface area (TPSA) is 104 Å². The number of carbonyl (C=O) groups is 2. The van der Waals surface area contributed by atoms with Crippen molar-refractivity contribution >= 4 is 27.5 Å². The molecule has 0 spiro atoms. The summed E-state index contributed by atoms with van der Waals surface area (Å²) in [6.45, 7) is 5.30. The fraction of sp³-hybridized carbons (Fsp3) is 0.263. The SMILES string of the molecule is CNS(=O)(=O)c1cc(NC(=O)CNC(=O)c2ccc(C)c(C)c2)ccc1C. The molecule has 7 nitrogen and oxygen atoms in total. The average molecular weight is 389 g/mol. The van der Waals surface area contributed by atoms with Gasteiger partial charge in [-0.3, -0.25) is 9.59 Å².